The van der Waals surface area contributed by atoms with Gasteiger partial charge < -0.3 is 5.32 Å². The number of aromatic nitrogens is 2. The third kappa shape index (κ3) is 4.65. The van der Waals surface area contributed by atoms with Gasteiger partial charge in [0, 0.05) is 40.0 Å². The molecule has 6 aromatic rings. The Morgan fingerprint density at radius 1 is 0.605 bits per heavy atom. The third-order valence-corrected chi connectivity index (χ3v) is 7.78. The van der Waals surface area contributed by atoms with Gasteiger partial charge in [-0.1, -0.05) is 84.9 Å². The molecule has 0 radical (unpaired) electrons. The zero-order valence-electron chi connectivity index (χ0n) is 23.4. The van der Waals surface area contributed by atoms with Gasteiger partial charge in [-0.15, -0.1) is 0 Å². The number of carbonyl (C=O) groups excluding carboxylic acids is 2. The number of hydrogen-bond acceptors (Lipinski definition) is 5. The first-order valence-electron chi connectivity index (χ1n) is 14.0. The number of carbonyl (C=O) groups is 2. The number of hydrogen-bond donors (Lipinski definition) is 1. The molecule has 1 aromatic heterocycles. The van der Waals surface area contributed by atoms with E-state index in [0.29, 0.717) is 28.1 Å². The first-order chi connectivity index (χ1) is 21.1. The van der Waals surface area contributed by atoms with Gasteiger partial charge in [0.1, 0.15) is 0 Å². The Kier molecular flexibility index (Phi) is 6.56. The monoisotopic (exact) mass is 558 g/mol. The third-order valence-electron chi connectivity index (χ3n) is 7.78. The number of nitrogens with zero attached hydrogens (tertiary/aromatic N) is 3. The van der Waals surface area contributed by atoms with Gasteiger partial charge in [0.2, 0.25) is 5.95 Å². The van der Waals surface area contributed by atoms with E-state index in [0.717, 1.165) is 38.9 Å². The Morgan fingerprint density at radius 2 is 1.21 bits per heavy atom. The number of allylic oxidation sites excluding steroid dienone is 1. The molecule has 0 spiro atoms. The minimum atomic E-state index is -0.358. The fourth-order valence-corrected chi connectivity index (χ4v) is 5.74. The van der Waals surface area contributed by atoms with E-state index in [1.807, 2.05) is 78.9 Å². The molecule has 1 aliphatic heterocycles. The molecule has 0 aliphatic carbocycles. The molecule has 0 atom stereocenters. The maximum atomic E-state index is 13.9. The molecule has 1 N–H and O–H groups in total. The lowest BCUT2D eigenvalue weighted by molar-refractivity contribution is 0.0893. The maximum absolute atomic E-state index is 13.9. The predicted octanol–water partition coefficient (Wildman–Crippen LogP) is 8.15. The van der Waals surface area contributed by atoms with Crippen LogP contribution in [-0.4, -0.2) is 21.8 Å². The average molecular weight is 559 g/mol. The van der Waals surface area contributed by atoms with Crippen molar-refractivity contribution < 1.29 is 9.59 Å². The standard InChI is InChI=1S/C37H26N4O2/c1-24(25-10-4-2-5-11-25)33(26-12-6-3-7-13-26)27-16-18-28(19-17-27)41-35(42)30-15-8-14-29-32(40-37-38-22-9-23-39-37)21-20-31(34(29)30)36(41)43/h2-23H,1H3,(H,38,39,40)/b33-24+. The second kappa shape index (κ2) is 10.8. The molecular formula is C37H26N4O2. The first-order valence-corrected chi connectivity index (χ1v) is 14.0. The van der Waals surface area contributed by atoms with Gasteiger partial charge in [0.05, 0.1) is 5.69 Å². The van der Waals surface area contributed by atoms with E-state index in [4.69, 9.17) is 0 Å². The summed E-state index contributed by atoms with van der Waals surface area (Å²) in [5.41, 5.74) is 7.62. The topological polar surface area (TPSA) is 75.2 Å². The predicted molar refractivity (Wildman–Crippen MR) is 171 cm³/mol. The summed E-state index contributed by atoms with van der Waals surface area (Å²) in [6.07, 6.45) is 3.30. The fraction of sp³-hybridized carbons (Fsp3) is 0.0270. The SMILES string of the molecule is C/C(=C(/c1ccccc1)c1ccc(N2C(=O)c3cccc4c(Nc5ncccn5)ccc(c34)C2=O)cc1)c1ccccc1. The highest BCUT2D eigenvalue weighted by Crippen LogP contribution is 2.38. The number of imide groups is 1. The smallest absolute Gasteiger partial charge is 0.265 e. The van der Waals surface area contributed by atoms with Gasteiger partial charge in [-0.3, -0.25) is 9.59 Å². The van der Waals surface area contributed by atoms with E-state index in [2.05, 4.69) is 46.5 Å². The minimum absolute atomic E-state index is 0.358. The number of benzene rings is 5. The van der Waals surface area contributed by atoms with Crippen LogP contribution in [-0.2, 0) is 0 Å². The quantitative estimate of drug-likeness (QED) is 0.165. The van der Waals surface area contributed by atoms with E-state index in [1.54, 1.807) is 30.6 Å². The van der Waals surface area contributed by atoms with Crippen molar-refractivity contribution in [2.75, 3.05) is 10.2 Å². The minimum Gasteiger partial charge on any atom is -0.324 e. The lowest BCUT2D eigenvalue weighted by Crippen LogP contribution is -2.40. The number of rotatable bonds is 6. The highest BCUT2D eigenvalue weighted by molar-refractivity contribution is 6.36. The Morgan fingerprint density at radius 3 is 1.88 bits per heavy atom. The molecule has 0 saturated carbocycles. The summed E-state index contributed by atoms with van der Waals surface area (Å²) in [5.74, 6) is -0.281. The van der Waals surface area contributed by atoms with Crippen molar-refractivity contribution in [3.8, 4) is 0 Å². The summed E-state index contributed by atoms with van der Waals surface area (Å²) in [4.78, 5) is 37.5. The molecule has 6 nitrogen and oxygen atoms in total. The van der Waals surface area contributed by atoms with Gasteiger partial charge >= 0.3 is 0 Å². The Hall–Kier alpha value is -5.88. The molecule has 5 aromatic carbocycles. The highest BCUT2D eigenvalue weighted by Gasteiger charge is 2.34. The van der Waals surface area contributed by atoms with Crippen molar-refractivity contribution in [2.24, 2.45) is 0 Å². The van der Waals surface area contributed by atoms with Crippen LogP contribution in [0.5, 0.6) is 0 Å². The fourth-order valence-electron chi connectivity index (χ4n) is 5.74. The summed E-state index contributed by atoms with van der Waals surface area (Å²) in [5, 5.41) is 4.59. The van der Waals surface area contributed by atoms with Crippen LogP contribution in [0.15, 0.2) is 134 Å². The normalized spacial score (nSPS) is 13.2. The molecule has 0 bridgehead atoms. The molecule has 2 amide bonds. The number of anilines is 3. The molecular weight excluding hydrogens is 532 g/mol. The van der Waals surface area contributed by atoms with Gasteiger partial charge in [-0.05, 0) is 71.2 Å². The molecule has 2 heterocycles. The average Bonchev–Trinajstić information content (AvgIpc) is 3.06. The van der Waals surface area contributed by atoms with Crippen molar-refractivity contribution in [3.63, 3.8) is 0 Å². The molecule has 0 fully saturated rings. The van der Waals surface area contributed by atoms with Gasteiger partial charge in [0.15, 0.2) is 0 Å². The van der Waals surface area contributed by atoms with Crippen molar-refractivity contribution in [3.05, 3.63) is 162 Å². The molecule has 206 valence electrons. The van der Waals surface area contributed by atoms with Crippen LogP contribution in [0.1, 0.15) is 44.3 Å². The van der Waals surface area contributed by atoms with E-state index in [9.17, 15) is 9.59 Å². The van der Waals surface area contributed by atoms with Gasteiger partial charge in [0.25, 0.3) is 11.8 Å². The van der Waals surface area contributed by atoms with E-state index in [1.165, 1.54) is 4.90 Å². The van der Waals surface area contributed by atoms with E-state index in [-0.39, 0.29) is 11.8 Å². The summed E-state index contributed by atoms with van der Waals surface area (Å²) < 4.78 is 0. The second-order valence-electron chi connectivity index (χ2n) is 10.3. The highest BCUT2D eigenvalue weighted by atomic mass is 16.2. The van der Waals surface area contributed by atoms with E-state index >= 15 is 0 Å². The van der Waals surface area contributed by atoms with E-state index < -0.39 is 0 Å². The number of amides is 2. The second-order valence-corrected chi connectivity index (χ2v) is 10.3. The summed E-state index contributed by atoms with van der Waals surface area (Å²) in [6, 6.07) is 39.0. The van der Waals surface area contributed by atoms with Crippen molar-refractivity contribution in [2.45, 2.75) is 6.92 Å². The molecule has 1 aliphatic rings. The Balaban J connectivity index is 1.27. The summed E-state index contributed by atoms with van der Waals surface area (Å²) >= 11 is 0. The zero-order valence-corrected chi connectivity index (χ0v) is 23.4. The molecule has 6 heteroatoms. The van der Waals surface area contributed by atoms with Gasteiger partial charge in [-0.25, -0.2) is 14.9 Å². The molecule has 0 saturated heterocycles. The van der Waals surface area contributed by atoms with Crippen molar-refractivity contribution in [1.29, 1.82) is 0 Å². The molecule has 43 heavy (non-hydrogen) atoms. The summed E-state index contributed by atoms with van der Waals surface area (Å²) in [7, 11) is 0. The maximum Gasteiger partial charge on any atom is 0.265 e. The van der Waals surface area contributed by atoms with Crippen LogP contribution in [0.25, 0.3) is 21.9 Å². The van der Waals surface area contributed by atoms with Crippen molar-refractivity contribution >= 4 is 51.1 Å². The first kappa shape index (κ1) is 26.0. The van der Waals surface area contributed by atoms with Crippen molar-refractivity contribution in [1.82, 2.24) is 9.97 Å². The van der Waals surface area contributed by atoms with Gasteiger partial charge in [-0.2, -0.15) is 0 Å². The van der Waals surface area contributed by atoms with Crippen LogP contribution < -0.4 is 10.2 Å². The Labute approximate surface area is 249 Å². The molecule has 7 rings (SSSR count). The van der Waals surface area contributed by atoms with Crippen LogP contribution in [0.2, 0.25) is 0 Å². The lowest BCUT2D eigenvalue weighted by Gasteiger charge is -2.28. The van der Waals surface area contributed by atoms with Crippen LogP contribution in [0.4, 0.5) is 17.3 Å². The Bertz CT molecular complexity index is 2000. The lowest BCUT2D eigenvalue weighted by atomic mass is 9.90. The summed E-state index contributed by atoms with van der Waals surface area (Å²) in [6.45, 7) is 2.12. The zero-order chi connectivity index (χ0) is 29.3. The number of nitrogens with one attached hydrogen (secondary N) is 1. The van der Waals surface area contributed by atoms with Crippen LogP contribution in [0.3, 0.4) is 0 Å². The largest absolute Gasteiger partial charge is 0.324 e. The molecule has 0 unspecified atom stereocenters. The van der Waals surface area contributed by atoms with Crippen LogP contribution in [0, 0.1) is 0 Å². The van der Waals surface area contributed by atoms with Crippen LogP contribution >= 0.6 is 0 Å².